The largest absolute Gasteiger partial charge is 0.497 e. The average molecular weight is 274 g/mol. The second-order valence-electron chi connectivity index (χ2n) is 3.85. The predicted molar refractivity (Wildman–Crippen MR) is 75.9 cm³/mol. The predicted octanol–water partition coefficient (Wildman–Crippen LogP) is 2.24. The SMILES string of the molecule is COc1ccc(/C=C/C(=O)N=c2sccn2C)cc1. The standard InChI is InChI=1S/C14H14N2O2S/c1-16-9-10-19-14(16)15-13(17)8-5-11-3-6-12(18-2)7-4-11/h3-10H,1-2H3/b8-5+,15-14?. The third-order valence-electron chi connectivity index (χ3n) is 2.50. The van der Waals surface area contributed by atoms with E-state index in [1.54, 1.807) is 13.2 Å². The Bertz CT molecular complexity index is 651. The highest BCUT2D eigenvalue weighted by Crippen LogP contribution is 2.12. The number of thiazole rings is 1. The number of amides is 1. The highest BCUT2D eigenvalue weighted by atomic mass is 32.1. The lowest BCUT2D eigenvalue weighted by Gasteiger charge is -1.98. The summed E-state index contributed by atoms with van der Waals surface area (Å²) in [5.41, 5.74) is 0.930. The number of methoxy groups -OCH3 is 1. The van der Waals surface area contributed by atoms with Gasteiger partial charge in [-0.05, 0) is 23.8 Å². The molecule has 4 nitrogen and oxygen atoms in total. The molecule has 2 aromatic rings. The van der Waals surface area contributed by atoms with Crippen LogP contribution in [0.3, 0.4) is 0 Å². The first kappa shape index (κ1) is 13.3. The third-order valence-corrected chi connectivity index (χ3v) is 3.35. The van der Waals surface area contributed by atoms with E-state index >= 15 is 0 Å². The van der Waals surface area contributed by atoms with Crippen LogP contribution in [0.2, 0.25) is 0 Å². The first-order valence-corrected chi connectivity index (χ1v) is 6.58. The molecule has 98 valence electrons. The maximum absolute atomic E-state index is 11.7. The fourth-order valence-electron chi connectivity index (χ4n) is 1.45. The third kappa shape index (κ3) is 3.66. The van der Waals surface area contributed by atoms with Crippen LogP contribution in [-0.2, 0) is 11.8 Å². The molecule has 0 N–H and O–H groups in total. The molecular formula is C14H14N2O2S. The summed E-state index contributed by atoms with van der Waals surface area (Å²) >= 11 is 1.43. The van der Waals surface area contributed by atoms with Crippen molar-refractivity contribution in [3.05, 3.63) is 52.3 Å². The van der Waals surface area contributed by atoms with Gasteiger partial charge in [0, 0.05) is 24.7 Å². The molecule has 0 radical (unpaired) electrons. The van der Waals surface area contributed by atoms with Crippen LogP contribution in [0.4, 0.5) is 0 Å². The summed E-state index contributed by atoms with van der Waals surface area (Å²) in [5.74, 6) is 0.521. The van der Waals surface area contributed by atoms with Crippen molar-refractivity contribution in [2.45, 2.75) is 0 Å². The summed E-state index contributed by atoms with van der Waals surface area (Å²) in [4.78, 5) is 16.4. The molecule has 0 bridgehead atoms. The highest BCUT2D eigenvalue weighted by molar-refractivity contribution is 7.07. The van der Waals surface area contributed by atoms with Gasteiger partial charge in [-0.1, -0.05) is 12.1 Å². The van der Waals surface area contributed by atoms with Gasteiger partial charge in [0.1, 0.15) is 5.75 Å². The second-order valence-corrected chi connectivity index (χ2v) is 4.73. The maximum Gasteiger partial charge on any atom is 0.272 e. The minimum Gasteiger partial charge on any atom is -0.497 e. The molecule has 5 heteroatoms. The number of nitrogens with zero attached hydrogens (tertiary/aromatic N) is 2. The van der Waals surface area contributed by atoms with Crippen LogP contribution in [0.25, 0.3) is 6.08 Å². The molecular weight excluding hydrogens is 260 g/mol. The molecule has 0 aliphatic heterocycles. The Labute approximate surface area is 115 Å². The molecule has 19 heavy (non-hydrogen) atoms. The van der Waals surface area contributed by atoms with Crippen molar-refractivity contribution < 1.29 is 9.53 Å². The van der Waals surface area contributed by atoms with Crippen LogP contribution >= 0.6 is 11.3 Å². The summed E-state index contributed by atoms with van der Waals surface area (Å²) in [6.07, 6.45) is 5.06. The number of hydrogen-bond acceptors (Lipinski definition) is 3. The van der Waals surface area contributed by atoms with Gasteiger partial charge in [-0.15, -0.1) is 11.3 Å². The van der Waals surface area contributed by atoms with E-state index in [9.17, 15) is 4.79 Å². The van der Waals surface area contributed by atoms with Gasteiger partial charge in [-0.25, -0.2) is 0 Å². The number of hydrogen-bond donors (Lipinski definition) is 0. The highest BCUT2D eigenvalue weighted by Gasteiger charge is 1.95. The molecule has 1 aromatic carbocycles. The van der Waals surface area contributed by atoms with E-state index in [1.807, 2.05) is 47.5 Å². The number of carbonyl (C=O) groups excluding carboxylic acids is 1. The molecule has 0 fully saturated rings. The van der Waals surface area contributed by atoms with E-state index < -0.39 is 0 Å². The number of aryl methyl sites for hydroxylation is 1. The van der Waals surface area contributed by atoms with Crippen molar-refractivity contribution in [1.82, 2.24) is 4.57 Å². The van der Waals surface area contributed by atoms with Crippen LogP contribution in [0.15, 0.2) is 46.9 Å². The zero-order valence-corrected chi connectivity index (χ0v) is 11.6. The van der Waals surface area contributed by atoms with Gasteiger partial charge < -0.3 is 9.30 Å². The van der Waals surface area contributed by atoms with Crippen LogP contribution in [0.5, 0.6) is 5.75 Å². The summed E-state index contributed by atoms with van der Waals surface area (Å²) in [7, 11) is 3.48. The Kier molecular flexibility index (Phi) is 4.30. The lowest BCUT2D eigenvalue weighted by atomic mass is 10.2. The molecule has 1 aromatic heterocycles. The quantitative estimate of drug-likeness (QED) is 0.806. The number of ether oxygens (including phenoxy) is 1. The Hall–Kier alpha value is -2.14. The molecule has 0 saturated carbocycles. The van der Waals surface area contributed by atoms with Crippen LogP contribution in [0, 0.1) is 0 Å². The fraction of sp³-hybridized carbons (Fsp3) is 0.143. The first-order chi connectivity index (χ1) is 9.19. The Morgan fingerprint density at radius 3 is 2.68 bits per heavy atom. The van der Waals surface area contributed by atoms with Gasteiger partial charge in [0.15, 0.2) is 4.80 Å². The minimum absolute atomic E-state index is 0.270. The zero-order valence-electron chi connectivity index (χ0n) is 10.7. The summed E-state index contributed by atoms with van der Waals surface area (Å²) in [6, 6.07) is 7.46. The number of rotatable bonds is 3. The topological polar surface area (TPSA) is 43.6 Å². The Balaban J connectivity index is 2.10. The van der Waals surface area contributed by atoms with Gasteiger partial charge in [-0.2, -0.15) is 4.99 Å². The summed E-state index contributed by atoms with van der Waals surface area (Å²) < 4.78 is 6.88. The van der Waals surface area contributed by atoms with Crippen molar-refractivity contribution in [3.8, 4) is 5.75 Å². The first-order valence-electron chi connectivity index (χ1n) is 5.70. The molecule has 0 unspecified atom stereocenters. The van der Waals surface area contributed by atoms with Gasteiger partial charge in [0.25, 0.3) is 5.91 Å². The van der Waals surface area contributed by atoms with Crippen LogP contribution in [0.1, 0.15) is 5.56 Å². The van der Waals surface area contributed by atoms with E-state index in [4.69, 9.17) is 4.74 Å². The maximum atomic E-state index is 11.7. The molecule has 0 saturated heterocycles. The number of benzene rings is 1. The number of carbonyl (C=O) groups is 1. The van der Waals surface area contributed by atoms with Crippen molar-refractivity contribution in [3.63, 3.8) is 0 Å². The van der Waals surface area contributed by atoms with E-state index in [-0.39, 0.29) is 5.91 Å². The molecule has 0 aliphatic rings. The zero-order chi connectivity index (χ0) is 13.7. The molecule has 0 atom stereocenters. The Morgan fingerprint density at radius 2 is 2.11 bits per heavy atom. The van der Waals surface area contributed by atoms with Crippen molar-refractivity contribution in [2.24, 2.45) is 12.0 Å². The van der Waals surface area contributed by atoms with Gasteiger partial charge in [-0.3, -0.25) is 4.79 Å². The van der Waals surface area contributed by atoms with Crippen molar-refractivity contribution in [2.75, 3.05) is 7.11 Å². The second kappa shape index (κ2) is 6.15. The van der Waals surface area contributed by atoms with Crippen molar-refractivity contribution >= 4 is 23.3 Å². The number of aromatic nitrogens is 1. The van der Waals surface area contributed by atoms with E-state index in [0.717, 1.165) is 11.3 Å². The smallest absolute Gasteiger partial charge is 0.272 e. The molecule has 1 heterocycles. The lowest BCUT2D eigenvalue weighted by molar-refractivity contribution is -0.113. The van der Waals surface area contributed by atoms with Crippen LogP contribution < -0.4 is 9.54 Å². The minimum atomic E-state index is -0.270. The molecule has 1 amide bonds. The summed E-state index contributed by atoms with van der Waals surface area (Å²) in [6.45, 7) is 0. The monoisotopic (exact) mass is 274 g/mol. The lowest BCUT2D eigenvalue weighted by Crippen LogP contribution is -2.11. The van der Waals surface area contributed by atoms with Gasteiger partial charge in [0.2, 0.25) is 0 Å². The van der Waals surface area contributed by atoms with E-state index in [0.29, 0.717) is 4.80 Å². The fourth-order valence-corrected chi connectivity index (χ4v) is 2.18. The van der Waals surface area contributed by atoms with Crippen molar-refractivity contribution in [1.29, 1.82) is 0 Å². The Morgan fingerprint density at radius 1 is 1.37 bits per heavy atom. The van der Waals surface area contributed by atoms with E-state index in [2.05, 4.69) is 4.99 Å². The molecule has 2 rings (SSSR count). The average Bonchev–Trinajstić information content (AvgIpc) is 2.82. The van der Waals surface area contributed by atoms with Crippen LogP contribution in [-0.4, -0.2) is 17.6 Å². The normalized spacial score (nSPS) is 12.0. The molecule has 0 aliphatic carbocycles. The van der Waals surface area contributed by atoms with Gasteiger partial charge >= 0.3 is 0 Å². The summed E-state index contributed by atoms with van der Waals surface area (Å²) in [5, 5.41) is 1.89. The van der Waals surface area contributed by atoms with E-state index in [1.165, 1.54) is 17.4 Å². The molecule has 0 spiro atoms. The van der Waals surface area contributed by atoms with Gasteiger partial charge in [0.05, 0.1) is 7.11 Å².